The van der Waals surface area contributed by atoms with Crippen LogP contribution in [-0.4, -0.2) is 11.5 Å². The smallest absolute Gasteiger partial charge is 0.0482 e. The lowest BCUT2D eigenvalue weighted by molar-refractivity contribution is 0.931. The van der Waals surface area contributed by atoms with Gasteiger partial charge in [0.05, 0.1) is 0 Å². The molecule has 0 fully saturated rings. The molecule has 0 saturated carbocycles. The van der Waals surface area contributed by atoms with Crippen LogP contribution >= 0.6 is 11.8 Å². The molecule has 0 amide bonds. The number of nitrogens with two attached hydrogens (primary N) is 1. The van der Waals surface area contributed by atoms with Gasteiger partial charge < -0.3 is 5.73 Å². The standard InChI is InChI=1S/C15H18N2S/c1-11-5-6-14(8-12(11)2)18-15(9-16)13-4-3-7-17-10-13/h3-8,10,15H,9,16H2,1-2H3. The average molecular weight is 258 g/mol. The van der Waals surface area contributed by atoms with Gasteiger partial charge in [-0.25, -0.2) is 0 Å². The van der Waals surface area contributed by atoms with Gasteiger partial charge in [0.25, 0.3) is 0 Å². The van der Waals surface area contributed by atoms with E-state index in [0.29, 0.717) is 6.54 Å². The van der Waals surface area contributed by atoms with Crippen molar-refractivity contribution in [1.82, 2.24) is 4.98 Å². The van der Waals surface area contributed by atoms with Crippen molar-refractivity contribution in [3.63, 3.8) is 0 Å². The van der Waals surface area contributed by atoms with Crippen LogP contribution < -0.4 is 5.73 Å². The number of thioether (sulfide) groups is 1. The Morgan fingerprint density at radius 2 is 2.06 bits per heavy atom. The van der Waals surface area contributed by atoms with E-state index in [1.165, 1.54) is 21.6 Å². The number of rotatable bonds is 4. The maximum Gasteiger partial charge on any atom is 0.0482 e. The Kier molecular flexibility index (Phi) is 4.39. The summed E-state index contributed by atoms with van der Waals surface area (Å²) in [5.41, 5.74) is 9.70. The minimum atomic E-state index is 0.265. The van der Waals surface area contributed by atoms with Crippen LogP contribution in [0, 0.1) is 13.8 Å². The predicted octanol–water partition coefficient (Wildman–Crippen LogP) is 3.49. The van der Waals surface area contributed by atoms with E-state index < -0.39 is 0 Å². The zero-order valence-electron chi connectivity index (χ0n) is 10.8. The van der Waals surface area contributed by atoms with Gasteiger partial charge in [-0.15, -0.1) is 11.8 Å². The van der Waals surface area contributed by atoms with E-state index in [9.17, 15) is 0 Å². The van der Waals surface area contributed by atoms with Crippen molar-refractivity contribution in [3.05, 3.63) is 59.4 Å². The molecule has 1 heterocycles. The highest BCUT2D eigenvalue weighted by molar-refractivity contribution is 7.99. The molecule has 1 aromatic heterocycles. The van der Waals surface area contributed by atoms with Gasteiger partial charge in [0.15, 0.2) is 0 Å². The second-order valence-corrected chi connectivity index (χ2v) is 5.65. The normalized spacial score (nSPS) is 12.4. The largest absolute Gasteiger partial charge is 0.329 e. The maximum atomic E-state index is 5.87. The molecule has 1 unspecified atom stereocenters. The van der Waals surface area contributed by atoms with E-state index in [1.54, 1.807) is 18.0 Å². The summed E-state index contributed by atoms with van der Waals surface area (Å²) in [5, 5.41) is 0.265. The number of aromatic nitrogens is 1. The second kappa shape index (κ2) is 6.03. The molecule has 18 heavy (non-hydrogen) atoms. The first-order valence-electron chi connectivity index (χ1n) is 6.04. The van der Waals surface area contributed by atoms with Crippen LogP contribution in [0.25, 0.3) is 0 Å². The van der Waals surface area contributed by atoms with Gasteiger partial charge >= 0.3 is 0 Å². The van der Waals surface area contributed by atoms with Crippen molar-refractivity contribution in [2.24, 2.45) is 5.73 Å². The van der Waals surface area contributed by atoms with Crippen LogP contribution in [0.1, 0.15) is 21.9 Å². The number of aryl methyl sites for hydroxylation is 2. The Hall–Kier alpha value is -1.32. The zero-order valence-corrected chi connectivity index (χ0v) is 11.6. The zero-order chi connectivity index (χ0) is 13.0. The Balaban J connectivity index is 2.18. The van der Waals surface area contributed by atoms with Crippen LogP contribution in [-0.2, 0) is 0 Å². The number of hydrogen-bond acceptors (Lipinski definition) is 3. The van der Waals surface area contributed by atoms with Crippen LogP contribution in [0.5, 0.6) is 0 Å². The Morgan fingerprint density at radius 1 is 1.22 bits per heavy atom. The number of pyridine rings is 1. The minimum absolute atomic E-state index is 0.265. The van der Waals surface area contributed by atoms with Gasteiger partial charge in [-0.05, 0) is 48.7 Å². The molecule has 2 rings (SSSR count). The van der Waals surface area contributed by atoms with Crippen LogP contribution in [0.15, 0.2) is 47.6 Å². The molecule has 0 aliphatic carbocycles. The molecule has 0 aliphatic rings. The number of nitrogens with zero attached hydrogens (tertiary/aromatic N) is 1. The third-order valence-corrected chi connectivity index (χ3v) is 4.30. The second-order valence-electron chi connectivity index (χ2n) is 4.37. The van der Waals surface area contributed by atoms with E-state index in [1.807, 2.05) is 12.3 Å². The first-order valence-corrected chi connectivity index (χ1v) is 6.92. The van der Waals surface area contributed by atoms with Gasteiger partial charge in [0.2, 0.25) is 0 Å². The van der Waals surface area contributed by atoms with E-state index in [-0.39, 0.29) is 5.25 Å². The molecule has 2 nitrogen and oxygen atoms in total. The molecule has 0 aliphatic heterocycles. The molecule has 3 heteroatoms. The minimum Gasteiger partial charge on any atom is -0.329 e. The van der Waals surface area contributed by atoms with Crippen LogP contribution in [0.3, 0.4) is 0 Å². The molecule has 1 atom stereocenters. The highest BCUT2D eigenvalue weighted by Crippen LogP contribution is 2.34. The van der Waals surface area contributed by atoms with E-state index in [4.69, 9.17) is 5.73 Å². The van der Waals surface area contributed by atoms with Crippen molar-refractivity contribution in [1.29, 1.82) is 0 Å². The Labute approximate surface area is 113 Å². The lowest BCUT2D eigenvalue weighted by Crippen LogP contribution is -2.09. The van der Waals surface area contributed by atoms with Crippen LogP contribution in [0.2, 0.25) is 0 Å². The summed E-state index contributed by atoms with van der Waals surface area (Å²) in [7, 11) is 0. The highest BCUT2D eigenvalue weighted by Gasteiger charge is 2.11. The molecule has 0 saturated heterocycles. The number of hydrogen-bond donors (Lipinski definition) is 1. The molecular formula is C15H18N2S. The molecule has 1 aromatic carbocycles. The van der Waals surface area contributed by atoms with Gasteiger partial charge in [-0.3, -0.25) is 4.98 Å². The fourth-order valence-electron chi connectivity index (χ4n) is 1.77. The molecule has 0 radical (unpaired) electrons. The fraction of sp³-hybridized carbons (Fsp3) is 0.267. The fourth-order valence-corrected chi connectivity index (χ4v) is 2.86. The van der Waals surface area contributed by atoms with Gasteiger partial charge in [0.1, 0.15) is 0 Å². The van der Waals surface area contributed by atoms with Crippen LogP contribution in [0.4, 0.5) is 0 Å². The monoisotopic (exact) mass is 258 g/mol. The Morgan fingerprint density at radius 3 is 2.67 bits per heavy atom. The summed E-state index contributed by atoms with van der Waals surface area (Å²) >= 11 is 1.80. The molecule has 0 spiro atoms. The van der Waals surface area contributed by atoms with Gasteiger partial charge in [0, 0.05) is 29.1 Å². The maximum absolute atomic E-state index is 5.87. The topological polar surface area (TPSA) is 38.9 Å². The first-order chi connectivity index (χ1) is 8.70. The summed E-state index contributed by atoms with van der Waals surface area (Å²) in [6.07, 6.45) is 3.68. The molecule has 94 valence electrons. The molecular weight excluding hydrogens is 240 g/mol. The summed E-state index contributed by atoms with van der Waals surface area (Å²) in [5.74, 6) is 0. The summed E-state index contributed by atoms with van der Waals surface area (Å²) in [4.78, 5) is 5.42. The predicted molar refractivity (Wildman–Crippen MR) is 77.8 cm³/mol. The quantitative estimate of drug-likeness (QED) is 0.853. The average Bonchev–Trinajstić information content (AvgIpc) is 2.41. The van der Waals surface area contributed by atoms with Crippen molar-refractivity contribution in [2.75, 3.05) is 6.54 Å². The van der Waals surface area contributed by atoms with Crippen molar-refractivity contribution in [2.45, 2.75) is 24.0 Å². The van der Waals surface area contributed by atoms with Crippen molar-refractivity contribution in [3.8, 4) is 0 Å². The first kappa shape index (κ1) is 13.1. The lowest BCUT2D eigenvalue weighted by Gasteiger charge is -2.15. The summed E-state index contributed by atoms with van der Waals surface area (Å²) < 4.78 is 0. The highest BCUT2D eigenvalue weighted by atomic mass is 32.2. The molecule has 2 aromatic rings. The van der Waals surface area contributed by atoms with E-state index >= 15 is 0 Å². The SMILES string of the molecule is Cc1ccc(SC(CN)c2cccnc2)cc1C. The summed E-state index contributed by atoms with van der Waals surface area (Å²) in [6, 6.07) is 10.6. The summed E-state index contributed by atoms with van der Waals surface area (Å²) in [6.45, 7) is 4.88. The third-order valence-electron chi connectivity index (χ3n) is 3.03. The molecule has 0 bridgehead atoms. The molecule has 2 N–H and O–H groups in total. The van der Waals surface area contributed by atoms with Gasteiger partial charge in [-0.2, -0.15) is 0 Å². The van der Waals surface area contributed by atoms with E-state index in [2.05, 4.69) is 43.1 Å². The van der Waals surface area contributed by atoms with Gasteiger partial charge in [-0.1, -0.05) is 12.1 Å². The van der Waals surface area contributed by atoms with Crippen molar-refractivity contribution >= 4 is 11.8 Å². The lowest BCUT2D eigenvalue weighted by atomic mass is 10.1. The third kappa shape index (κ3) is 3.12. The Bertz CT molecular complexity index is 511. The van der Waals surface area contributed by atoms with Crippen molar-refractivity contribution < 1.29 is 0 Å². The number of benzene rings is 1. The van der Waals surface area contributed by atoms with E-state index in [0.717, 1.165) is 0 Å².